The highest BCUT2D eigenvalue weighted by molar-refractivity contribution is 5.89. The van der Waals surface area contributed by atoms with Crippen LogP contribution in [0.1, 0.15) is 28.6 Å². The van der Waals surface area contributed by atoms with Gasteiger partial charge >= 0.3 is 5.97 Å². The first-order chi connectivity index (χ1) is 15.9. The van der Waals surface area contributed by atoms with Crippen molar-refractivity contribution >= 4 is 16.9 Å². The number of methoxy groups -OCH3 is 1. The topological polar surface area (TPSA) is 96.5 Å². The summed E-state index contributed by atoms with van der Waals surface area (Å²) in [5.41, 5.74) is 0.908. The molecule has 1 aliphatic heterocycles. The minimum atomic E-state index is -0.456. The minimum absolute atomic E-state index is 0.0572. The summed E-state index contributed by atoms with van der Waals surface area (Å²) >= 11 is 0. The van der Waals surface area contributed by atoms with Crippen molar-refractivity contribution in [1.82, 2.24) is 4.90 Å². The Morgan fingerprint density at radius 2 is 1.85 bits per heavy atom. The highest BCUT2D eigenvalue weighted by atomic mass is 16.5. The minimum Gasteiger partial charge on any atom is -0.872 e. The van der Waals surface area contributed by atoms with E-state index in [0.29, 0.717) is 40.2 Å². The Hall–Kier alpha value is -3.36. The first-order valence-corrected chi connectivity index (χ1v) is 11.1. The summed E-state index contributed by atoms with van der Waals surface area (Å²) < 4.78 is 16.5. The molecule has 0 radical (unpaired) electrons. The van der Waals surface area contributed by atoms with Gasteiger partial charge in [-0.1, -0.05) is 18.7 Å². The number of carbonyl (C=O) groups is 1. The monoisotopic (exact) mass is 452 g/mol. The van der Waals surface area contributed by atoms with Gasteiger partial charge in [0.2, 0.25) is 11.2 Å². The van der Waals surface area contributed by atoms with Crippen LogP contribution in [0.2, 0.25) is 0 Å². The molecule has 3 aromatic rings. The zero-order valence-corrected chi connectivity index (χ0v) is 19.1. The van der Waals surface area contributed by atoms with E-state index in [1.165, 1.54) is 24.1 Å². The van der Waals surface area contributed by atoms with E-state index in [4.69, 9.17) is 13.9 Å². The fourth-order valence-corrected chi connectivity index (χ4v) is 4.18. The highest BCUT2D eigenvalue weighted by Gasteiger charge is 2.22. The lowest BCUT2D eigenvalue weighted by Crippen LogP contribution is -3.13. The van der Waals surface area contributed by atoms with Gasteiger partial charge in [0.1, 0.15) is 23.6 Å². The maximum absolute atomic E-state index is 13.2. The van der Waals surface area contributed by atoms with Crippen molar-refractivity contribution in [2.45, 2.75) is 20.4 Å². The smallest absolute Gasteiger partial charge is 0.337 e. The largest absolute Gasteiger partial charge is 0.872 e. The standard InChI is InChI=1S/C25H28N2O6/c1-4-26-11-13-27(14-12-26)15-20-21(28)10-9-19-22(29)23(16(2)32-24(19)20)33-18-7-5-17(6-8-18)25(30)31-3/h5-10,28H,4,11-15H2,1-3H3. The lowest BCUT2D eigenvalue weighted by molar-refractivity contribution is -0.918. The van der Waals surface area contributed by atoms with Crippen molar-refractivity contribution in [3.63, 3.8) is 0 Å². The van der Waals surface area contributed by atoms with Gasteiger partial charge in [0.15, 0.2) is 0 Å². The van der Waals surface area contributed by atoms with Crippen LogP contribution >= 0.6 is 0 Å². The summed E-state index contributed by atoms with van der Waals surface area (Å²) in [5, 5.41) is 13.0. The maximum Gasteiger partial charge on any atom is 0.337 e. The molecule has 8 nitrogen and oxygen atoms in total. The summed E-state index contributed by atoms with van der Waals surface area (Å²) in [5.74, 6) is 0.157. The van der Waals surface area contributed by atoms with Crippen LogP contribution in [0.25, 0.3) is 11.0 Å². The quantitative estimate of drug-likeness (QED) is 0.566. The van der Waals surface area contributed by atoms with E-state index in [-0.39, 0.29) is 16.9 Å². The van der Waals surface area contributed by atoms with Gasteiger partial charge in [-0.25, -0.2) is 4.79 Å². The predicted octanol–water partition coefficient (Wildman–Crippen LogP) is 1.47. The van der Waals surface area contributed by atoms with Crippen LogP contribution in [-0.2, 0) is 11.3 Å². The van der Waals surface area contributed by atoms with E-state index in [1.54, 1.807) is 31.2 Å². The molecule has 0 atom stereocenters. The molecule has 2 aromatic carbocycles. The fourth-order valence-electron chi connectivity index (χ4n) is 4.18. The van der Waals surface area contributed by atoms with Gasteiger partial charge in [-0.3, -0.25) is 9.69 Å². The number of rotatable bonds is 6. The Morgan fingerprint density at radius 3 is 2.48 bits per heavy atom. The SMILES string of the molecule is CCN1CC[NH+](Cc2c([O-])ccc3c(=O)c(Oc4ccc(C(=O)OC)cc4)c(C)oc23)CC1. The third-order valence-corrected chi connectivity index (χ3v) is 6.18. The van der Waals surface area contributed by atoms with Gasteiger partial charge in [-0.15, -0.1) is 0 Å². The zero-order valence-electron chi connectivity index (χ0n) is 19.1. The van der Waals surface area contributed by atoms with Crippen molar-refractivity contribution in [2.75, 3.05) is 39.8 Å². The van der Waals surface area contributed by atoms with Crippen molar-refractivity contribution in [1.29, 1.82) is 0 Å². The molecule has 8 heteroatoms. The Bertz CT molecular complexity index is 1210. The highest BCUT2D eigenvalue weighted by Crippen LogP contribution is 2.29. The van der Waals surface area contributed by atoms with Crippen LogP contribution in [0.4, 0.5) is 0 Å². The molecule has 0 spiro atoms. The molecule has 2 heterocycles. The fraction of sp³-hybridized carbons (Fsp3) is 0.360. The van der Waals surface area contributed by atoms with E-state index in [9.17, 15) is 14.7 Å². The summed E-state index contributed by atoms with van der Waals surface area (Å²) in [6, 6.07) is 9.22. The number of quaternary nitrogens is 1. The Kier molecular flexibility index (Phi) is 6.67. The number of hydrogen-bond donors (Lipinski definition) is 1. The molecule has 1 N–H and O–H groups in total. The summed E-state index contributed by atoms with van der Waals surface area (Å²) in [6.45, 7) is 9.19. The molecule has 1 fully saturated rings. The molecule has 1 aliphatic rings. The molecule has 0 bridgehead atoms. The number of nitrogens with zero attached hydrogens (tertiary/aromatic N) is 1. The molecular weight excluding hydrogens is 424 g/mol. The van der Waals surface area contributed by atoms with E-state index in [1.807, 2.05) is 0 Å². The van der Waals surface area contributed by atoms with E-state index in [2.05, 4.69) is 11.8 Å². The van der Waals surface area contributed by atoms with Crippen LogP contribution < -0.4 is 20.2 Å². The number of esters is 1. The first kappa shape index (κ1) is 22.8. The van der Waals surface area contributed by atoms with Gasteiger partial charge in [-0.05, 0) is 43.8 Å². The molecule has 0 aliphatic carbocycles. The maximum atomic E-state index is 13.2. The lowest BCUT2D eigenvalue weighted by atomic mass is 10.1. The summed E-state index contributed by atoms with van der Waals surface area (Å²) in [7, 11) is 1.31. The molecule has 0 amide bonds. The second-order valence-corrected chi connectivity index (χ2v) is 8.21. The van der Waals surface area contributed by atoms with E-state index < -0.39 is 5.97 Å². The molecule has 33 heavy (non-hydrogen) atoms. The number of benzene rings is 2. The molecule has 0 unspecified atom stereocenters. The third kappa shape index (κ3) is 4.72. The number of piperazine rings is 1. The van der Waals surface area contributed by atoms with Crippen LogP contribution in [0, 0.1) is 6.92 Å². The normalized spacial score (nSPS) is 15.0. The van der Waals surface area contributed by atoms with Crippen LogP contribution in [0.5, 0.6) is 17.2 Å². The summed E-state index contributed by atoms with van der Waals surface area (Å²) in [6.07, 6.45) is 0. The number of carbonyl (C=O) groups excluding carboxylic acids is 1. The Morgan fingerprint density at radius 1 is 1.15 bits per heavy atom. The van der Waals surface area contributed by atoms with Crippen molar-refractivity contribution in [3.05, 3.63) is 63.5 Å². The van der Waals surface area contributed by atoms with Gasteiger partial charge < -0.3 is 23.9 Å². The number of aryl methyl sites for hydroxylation is 1. The predicted molar refractivity (Wildman–Crippen MR) is 121 cm³/mol. The first-order valence-electron chi connectivity index (χ1n) is 11.1. The van der Waals surface area contributed by atoms with Crippen LogP contribution in [0.3, 0.4) is 0 Å². The number of nitrogens with one attached hydrogen (secondary N) is 1. The van der Waals surface area contributed by atoms with Gasteiger partial charge in [0.05, 0.1) is 31.1 Å². The third-order valence-electron chi connectivity index (χ3n) is 6.18. The van der Waals surface area contributed by atoms with Crippen molar-refractivity contribution < 1.29 is 28.7 Å². The van der Waals surface area contributed by atoms with E-state index in [0.717, 1.165) is 32.7 Å². The van der Waals surface area contributed by atoms with Gasteiger partial charge in [0.25, 0.3) is 0 Å². The number of ether oxygens (including phenoxy) is 2. The lowest BCUT2D eigenvalue weighted by Gasteiger charge is -2.32. The number of fused-ring (bicyclic) bond motifs is 1. The number of likely N-dealkylation sites (N-methyl/N-ethyl adjacent to an activating group) is 1. The Labute approximate surface area is 191 Å². The molecule has 0 saturated carbocycles. The average molecular weight is 453 g/mol. The van der Waals surface area contributed by atoms with Crippen molar-refractivity contribution in [2.24, 2.45) is 0 Å². The Balaban J connectivity index is 1.64. The molecule has 1 aromatic heterocycles. The van der Waals surface area contributed by atoms with E-state index >= 15 is 0 Å². The number of hydrogen-bond acceptors (Lipinski definition) is 7. The molecular formula is C25H28N2O6. The summed E-state index contributed by atoms with van der Waals surface area (Å²) in [4.78, 5) is 28.5. The van der Waals surface area contributed by atoms with Crippen molar-refractivity contribution in [3.8, 4) is 17.2 Å². The van der Waals surface area contributed by atoms with Gasteiger partial charge in [-0.2, -0.15) is 0 Å². The van der Waals surface area contributed by atoms with Crippen LogP contribution in [0.15, 0.2) is 45.6 Å². The van der Waals surface area contributed by atoms with Crippen LogP contribution in [-0.4, -0.2) is 50.7 Å². The second-order valence-electron chi connectivity index (χ2n) is 8.21. The molecule has 1 saturated heterocycles. The molecule has 4 rings (SSSR count). The average Bonchev–Trinajstić information content (AvgIpc) is 2.84. The zero-order chi connectivity index (χ0) is 23.5. The second kappa shape index (κ2) is 9.64. The van der Waals surface area contributed by atoms with Gasteiger partial charge in [0, 0.05) is 18.7 Å². The molecule has 174 valence electrons.